The molecule has 1 amide bonds. The minimum atomic E-state index is -0.292. The molecule has 0 unspecified atom stereocenters. The molecule has 0 saturated heterocycles. The monoisotopic (exact) mass is 473 g/mol. The van der Waals surface area contributed by atoms with E-state index in [2.05, 4.69) is 39.9 Å². The average Bonchev–Trinajstić information content (AvgIpc) is 3.25. The highest BCUT2D eigenvalue weighted by Crippen LogP contribution is 2.22. The van der Waals surface area contributed by atoms with E-state index in [4.69, 9.17) is 17.0 Å². The Morgan fingerprint density at radius 2 is 1.68 bits per heavy atom. The predicted octanol–water partition coefficient (Wildman–Crippen LogP) is 5.21. The number of nitrogens with one attached hydrogen (secondary N) is 2. The second-order valence-corrected chi connectivity index (χ2v) is 8.35. The molecule has 0 fully saturated rings. The predicted molar refractivity (Wildman–Crippen MR) is 139 cm³/mol. The Morgan fingerprint density at radius 1 is 1.00 bits per heavy atom. The lowest BCUT2D eigenvalue weighted by Crippen LogP contribution is -2.34. The van der Waals surface area contributed by atoms with Crippen molar-refractivity contribution in [3.05, 3.63) is 77.4 Å². The first-order valence-electron chi connectivity index (χ1n) is 11.3. The molecular weight excluding hydrogens is 446 g/mol. The van der Waals surface area contributed by atoms with E-state index in [1.165, 1.54) is 5.56 Å². The van der Waals surface area contributed by atoms with Crippen molar-refractivity contribution < 1.29 is 9.53 Å². The maximum atomic E-state index is 12.6. The fourth-order valence-corrected chi connectivity index (χ4v) is 3.64. The van der Waals surface area contributed by atoms with Crippen LogP contribution in [-0.2, 0) is 6.42 Å². The van der Waals surface area contributed by atoms with E-state index in [0.717, 1.165) is 46.6 Å². The SMILES string of the molecule is CCCOc1ccc(C(=O)NC(=S)Nc2cc3nn(-c4ccc(CC)cc4)nc3cc2C)cc1. The molecule has 8 heteroatoms. The minimum Gasteiger partial charge on any atom is -0.494 e. The van der Waals surface area contributed by atoms with Gasteiger partial charge in [-0.25, -0.2) is 0 Å². The van der Waals surface area contributed by atoms with Crippen LogP contribution in [0.5, 0.6) is 5.75 Å². The quantitative estimate of drug-likeness (QED) is 0.359. The summed E-state index contributed by atoms with van der Waals surface area (Å²) in [6.45, 7) is 6.76. The van der Waals surface area contributed by atoms with Gasteiger partial charge in [-0.3, -0.25) is 10.1 Å². The number of carbonyl (C=O) groups is 1. The number of rotatable bonds is 7. The molecule has 0 bridgehead atoms. The van der Waals surface area contributed by atoms with Crippen LogP contribution in [0.4, 0.5) is 5.69 Å². The van der Waals surface area contributed by atoms with Crippen molar-refractivity contribution in [1.29, 1.82) is 0 Å². The maximum Gasteiger partial charge on any atom is 0.257 e. The Balaban J connectivity index is 1.45. The van der Waals surface area contributed by atoms with Crippen LogP contribution < -0.4 is 15.4 Å². The Morgan fingerprint density at radius 3 is 2.32 bits per heavy atom. The zero-order valence-electron chi connectivity index (χ0n) is 19.5. The number of hydrogen-bond acceptors (Lipinski definition) is 5. The first kappa shape index (κ1) is 23.4. The van der Waals surface area contributed by atoms with Crippen molar-refractivity contribution >= 4 is 40.0 Å². The molecule has 7 nitrogen and oxygen atoms in total. The number of nitrogens with zero attached hydrogens (tertiary/aromatic N) is 3. The van der Waals surface area contributed by atoms with Gasteiger partial charge in [0.25, 0.3) is 5.91 Å². The van der Waals surface area contributed by atoms with Gasteiger partial charge in [0.15, 0.2) is 5.11 Å². The number of ether oxygens (including phenoxy) is 1. The normalized spacial score (nSPS) is 10.8. The van der Waals surface area contributed by atoms with Crippen LogP contribution in [0.15, 0.2) is 60.7 Å². The molecule has 4 rings (SSSR count). The largest absolute Gasteiger partial charge is 0.494 e. The van der Waals surface area contributed by atoms with E-state index in [-0.39, 0.29) is 11.0 Å². The van der Waals surface area contributed by atoms with Gasteiger partial charge in [0.1, 0.15) is 16.8 Å². The summed E-state index contributed by atoms with van der Waals surface area (Å²) in [5.74, 6) is 0.442. The highest BCUT2D eigenvalue weighted by Gasteiger charge is 2.12. The molecule has 2 N–H and O–H groups in total. The smallest absolute Gasteiger partial charge is 0.257 e. The molecular formula is C26H27N5O2S. The molecule has 0 aliphatic rings. The third kappa shape index (κ3) is 5.40. The van der Waals surface area contributed by atoms with Crippen molar-refractivity contribution in [2.45, 2.75) is 33.6 Å². The number of fused-ring (bicyclic) bond motifs is 1. The average molecular weight is 474 g/mol. The molecule has 0 aliphatic carbocycles. The van der Waals surface area contributed by atoms with Crippen LogP contribution in [0.2, 0.25) is 0 Å². The van der Waals surface area contributed by atoms with Gasteiger partial charge in [-0.05, 0) is 91.6 Å². The summed E-state index contributed by atoms with van der Waals surface area (Å²) in [4.78, 5) is 14.2. The number of amides is 1. The van der Waals surface area contributed by atoms with E-state index in [9.17, 15) is 4.79 Å². The first-order chi connectivity index (χ1) is 16.5. The Kier molecular flexibility index (Phi) is 7.18. The van der Waals surface area contributed by atoms with Crippen molar-refractivity contribution in [3.8, 4) is 11.4 Å². The number of hydrogen-bond donors (Lipinski definition) is 2. The summed E-state index contributed by atoms with van der Waals surface area (Å²) in [6.07, 6.45) is 1.91. The Hall–Kier alpha value is -3.78. The van der Waals surface area contributed by atoms with Crippen molar-refractivity contribution in [2.75, 3.05) is 11.9 Å². The van der Waals surface area contributed by atoms with E-state index in [1.54, 1.807) is 29.1 Å². The second kappa shape index (κ2) is 10.4. The zero-order valence-corrected chi connectivity index (χ0v) is 20.3. The number of aromatic nitrogens is 3. The number of carbonyl (C=O) groups excluding carboxylic acids is 1. The molecule has 0 aliphatic heterocycles. The molecule has 0 atom stereocenters. The van der Waals surface area contributed by atoms with Gasteiger partial charge in [0.05, 0.1) is 12.3 Å². The fraction of sp³-hybridized carbons (Fsp3) is 0.231. The molecule has 0 saturated carbocycles. The standard InChI is InChI=1S/C26H27N5O2S/c1-4-14-33-21-12-8-19(9-13-21)25(32)28-26(34)27-22-16-24-23(15-17(22)3)29-31(30-24)20-10-6-18(5-2)7-11-20/h6-13,15-16H,4-5,14H2,1-3H3,(H2,27,28,32,34). The lowest BCUT2D eigenvalue weighted by atomic mass is 10.2. The van der Waals surface area contributed by atoms with Crippen LogP contribution in [0.1, 0.15) is 41.8 Å². The van der Waals surface area contributed by atoms with Crippen LogP contribution in [-0.4, -0.2) is 32.6 Å². The number of benzene rings is 3. The van der Waals surface area contributed by atoms with Gasteiger partial charge >= 0.3 is 0 Å². The fourth-order valence-electron chi connectivity index (χ4n) is 3.43. The van der Waals surface area contributed by atoms with Gasteiger partial charge in [-0.1, -0.05) is 26.0 Å². The van der Waals surface area contributed by atoms with Gasteiger partial charge in [-0.2, -0.15) is 4.80 Å². The topological polar surface area (TPSA) is 81.1 Å². The molecule has 174 valence electrons. The highest BCUT2D eigenvalue weighted by molar-refractivity contribution is 7.80. The summed E-state index contributed by atoms with van der Waals surface area (Å²) in [7, 11) is 0. The molecule has 1 heterocycles. The maximum absolute atomic E-state index is 12.6. The summed E-state index contributed by atoms with van der Waals surface area (Å²) in [6, 6.07) is 19.0. The number of anilines is 1. The summed E-state index contributed by atoms with van der Waals surface area (Å²) in [5, 5.41) is 15.2. The van der Waals surface area contributed by atoms with Gasteiger partial charge in [-0.15, -0.1) is 10.2 Å². The summed E-state index contributed by atoms with van der Waals surface area (Å²) in [5.41, 5.74) is 5.86. The third-order valence-electron chi connectivity index (χ3n) is 5.37. The Bertz CT molecular complexity index is 1310. The van der Waals surface area contributed by atoms with Gasteiger partial charge < -0.3 is 10.1 Å². The highest BCUT2D eigenvalue weighted by atomic mass is 32.1. The lowest BCUT2D eigenvalue weighted by Gasteiger charge is -2.12. The second-order valence-electron chi connectivity index (χ2n) is 7.95. The molecule has 4 aromatic rings. The molecule has 34 heavy (non-hydrogen) atoms. The van der Waals surface area contributed by atoms with Crippen LogP contribution >= 0.6 is 12.2 Å². The molecule has 0 spiro atoms. The van der Waals surface area contributed by atoms with Gasteiger partial charge in [0, 0.05) is 11.3 Å². The molecule has 3 aromatic carbocycles. The summed E-state index contributed by atoms with van der Waals surface area (Å²) >= 11 is 5.37. The van der Waals surface area contributed by atoms with Crippen LogP contribution in [0.25, 0.3) is 16.7 Å². The van der Waals surface area contributed by atoms with Crippen molar-refractivity contribution in [1.82, 2.24) is 20.3 Å². The number of aryl methyl sites for hydroxylation is 2. The first-order valence-corrected chi connectivity index (χ1v) is 11.7. The van der Waals surface area contributed by atoms with Gasteiger partial charge in [0.2, 0.25) is 0 Å². The van der Waals surface area contributed by atoms with E-state index >= 15 is 0 Å². The lowest BCUT2D eigenvalue weighted by molar-refractivity contribution is 0.0977. The van der Waals surface area contributed by atoms with Crippen LogP contribution in [0.3, 0.4) is 0 Å². The molecule has 1 aromatic heterocycles. The number of thiocarbonyl (C=S) groups is 1. The van der Waals surface area contributed by atoms with E-state index < -0.39 is 0 Å². The van der Waals surface area contributed by atoms with E-state index in [0.29, 0.717) is 12.2 Å². The summed E-state index contributed by atoms with van der Waals surface area (Å²) < 4.78 is 5.56. The van der Waals surface area contributed by atoms with Crippen LogP contribution in [0, 0.1) is 6.92 Å². The third-order valence-corrected chi connectivity index (χ3v) is 5.57. The van der Waals surface area contributed by atoms with Crippen molar-refractivity contribution in [2.24, 2.45) is 0 Å². The van der Waals surface area contributed by atoms with Crippen molar-refractivity contribution in [3.63, 3.8) is 0 Å². The minimum absolute atomic E-state index is 0.210. The van der Waals surface area contributed by atoms with E-state index in [1.807, 2.05) is 38.1 Å². The zero-order chi connectivity index (χ0) is 24.1. The Labute approximate surface area is 204 Å². The molecule has 0 radical (unpaired) electrons.